The number of nitro benzene ring substituents is 4. The van der Waals surface area contributed by atoms with Crippen LogP contribution in [0, 0.1) is 40.5 Å². The molecule has 0 unspecified atom stereocenters. The summed E-state index contributed by atoms with van der Waals surface area (Å²) in [4.78, 5) is 41.7. The van der Waals surface area contributed by atoms with Gasteiger partial charge in [0.25, 0.3) is 17.1 Å². The molecular formula is C17H11N5O9. The van der Waals surface area contributed by atoms with Gasteiger partial charge in [-0.25, -0.2) is 0 Å². The topological polar surface area (TPSA) is 206 Å². The van der Waals surface area contributed by atoms with Gasteiger partial charge in [0.15, 0.2) is 0 Å². The number of phenolic OH excluding ortho intramolecular Hbond substituents is 1. The maximum atomic E-state index is 10.4. The average Bonchev–Trinajstić information content (AvgIpc) is 2.74. The highest BCUT2D eigenvalue weighted by atomic mass is 16.6. The Bertz CT molecular complexity index is 1120. The zero-order chi connectivity index (χ0) is 23.1. The van der Waals surface area contributed by atoms with Crippen molar-refractivity contribution < 1.29 is 24.8 Å². The molecule has 0 amide bonds. The summed E-state index contributed by atoms with van der Waals surface area (Å²) >= 11 is 0. The lowest BCUT2D eigenvalue weighted by Gasteiger charge is -1.99. The predicted molar refractivity (Wildman–Crippen MR) is 104 cm³/mol. The first kappa shape index (κ1) is 22.3. The fourth-order valence-electron chi connectivity index (χ4n) is 2.29. The first-order chi connectivity index (χ1) is 14.6. The molecule has 1 heterocycles. The number of benzene rings is 2. The predicted octanol–water partition coefficient (Wildman–Crippen LogP) is 3.77. The van der Waals surface area contributed by atoms with Crippen molar-refractivity contribution >= 4 is 22.7 Å². The van der Waals surface area contributed by atoms with Gasteiger partial charge < -0.3 is 5.11 Å². The van der Waals surface area contributed by atoms with E-state index in [0.29, 0.717) is 12.1 Å². The molecule has 3 rings (SSSR count). The Morgan fingerprint density at radius 2 is 1.03 bits per heavy atom. The molecule has 158 valence electrons. The van der Waals surface area contributed by atoms with Crippen LogP contribution in [0.25, 0.3) is 11.1 Å². The van der Waals surface area contributed by atoms with Gasteiger partial charge in [0.1, 0.15) is 0 Å². The van der Waals surface area contributed by atoms with E-state index in [9.17, 15) is 40.5 Å². The van der Waals surface area contributed by atoms with Gasteiger partial charge in [0.2, 0.25) is 0 Å². The Morgan fingerprint density at radius 3 is 1.42 bits per heavy atom. The van der Waals surface area contributed by atoms with E-state index >= 15 is 0 Å². The molecule has 0 aliphatic rings. The van der Waals surface area contributed by atoms with E-state index in [1.54, 1.807) is 24.5 Å². The summed E-state index contributed by atoms with van der Waals surface area (Å²) in [5, 5.41) is 50.7. The summed E-state index contributed by atoms with van der Waals surface area (Å²) in [5.41, 5.74) is -0.950. The molecule has 0 fully saturated rings. The van der Waals surface area contributed by atoms with Gasteiger partial charge in [-0.2, -0.15) is 0 Å². The number of hydrogen-bond acceptors (Lipinski definition) is 10. The Balaban J connectivity index is 0.000000220. The number of phenols is 1. The summed E-state index contributed by atoms with van der Waals surface area (Å²) in [5.74, 6) is -1.21. The van der Waals surface area contributed by atoms with Gasteiger partial charge in [-0.1, -0.05) is 0 Å². The molecule has 1 N–H and O–H groups in total. The van der Waals surface area contributed by atoms with Crippen LogP contribution in [0.4, 0.5) is 22.7 Å². The molecule has 0 atom stereocenters. The normalized spacial score (nSPS) is 9.81. The number of rotatable bonds is 5. The lowest BCUT2D eigenvalue weighted by atomic mass is 10.1. The van der Waals surface area contributed by atoms with Crippen molar-refractivity contribution in [2.75, 3.05) is 0 Å². The van der Waals surface area contributed by atoms with Gasteiger partial charge in [0, 0.05) is 24.5 Å². The molecule has 0 spiro atoms. The fourth-order valence-corrected chi connectivity index (χ4v) is 2.29. The lowest BCUT2D eigenvalue weighted by Crippen LogP contribution is -1.97. The minimum absolute atomic E-state index is 0.104. The second-order valence-electron chi connectivity index (χ2n) is 5.64. The first-order valence-electron chi connectivity index (χ1n) is 8.07. The Kier molecular flexibility index (Phi) is 6.80. The van der Waals surface area contributed by atoms with E-state index in [-0.39, 0.29) is 5.69 Å². The number of nitrogens with zero attached hydrogens (tertiary/aromatic N) is 5. The highest BCUT2D eigenvalue weighted by Crippen LogP contribution is 2.38. The van der Waals surface area contributed by atoms with Crippen molar-refractivity contribution in [3.63, 3.8) is 0 Å². The van der Waals surface area contributed by atoms with E-state index in [0.717, 1.165) is 11.1 Å². The summed E-state index contributed by atoms with van der Waals surface area (Å²) < 4.78 is 0. The molecule has 2 aromatic carbocycles. The SMILES string of the molecule is O=[N+]([O-])c1cc([N+](=O)[O-])c(O)c([N+](=O)[O-])c1.O=[N+]([O-])c1ccc(-c2ccncc2)cc1. The third-order valence-corrected chi connectivity index (χ3v) is 3.75. The summed E-state index contributed by atoms with van der Waals surface area (Å²) in [6, 6.07) is 11.1. The molecule has 0 saturated heterocycles. The largest absolute Gasteiger partial charge is 0.497 e. The first-order valence-corrected chi connectivity index (χ1v) is 8.07. The maximum Gasteiger partial charge on any atom is 0.324 e. The van der Waals surface area contributed by atoms with E-state index in [1.165, 1.54) is 12.1 Å². The summed E-state index contributed by atoms with van der Waals surface area (Å²) in [6.07, 6.45) is 3.38. The number of aromatic nitrogens is 1. The lowest BCUT2D eigenvalue weighted by molar-refractivity contribution is -0.404. The highest BCUT2D eigenvalue weighted by molar-refractivity contribution is 5.65. The number of pyridine rings is 1. The Morgan fingerprint density at radius 1 is 0.613 bits per heavy atom. The molecule has 0 saturated carbocycles. The molecular weight excluding hydrogens is 418 g/mol. The second kappa shape index (κ2) is 9.46. The van der Waals surface area contributed by atoms with Crippen LogP contribution in [-0.2, 0) is 0 Å². The van der Waals surface area contributed by atoms with Gasteiger partial charge in [-0.15, -0.1) is 0 Å². The van der Waals surface area contributed by atoms with Crippen LogP contribution in [0.5, 0.6) is 5.75 Å². The van der Waals surface area contributed by atoms with Crippen LogP contribution in [0.2, 0.25) is 0 Å². The van der Waals surface area contributed by atoms with E-state index in [2.05, 4.69) is 4.98 Å². The van der Waals surface area contributed by atoms with E-state index < -0.39 is 42.5 Å². The molecule has 14 heteroatoms. The van der Waals surface area contributed by atoms with E-state index in [1.807, 2.05) is 12.1 Å². The van der Waals surface area contributed by atoms with Crippen molar-refractivity contribution in [1.82, 2.24) is 4.98 Å². The van der Waals surface area contributed by atoms with Crippen LogP contribution in [0.1, 0.15) is 0 Å². The minimum atomic E-state index is -1.21. The molecule has 0 radical (unpaired) electrons. The van der Waals surface area contributed by atoms with Crippen LogP contribution in [-0.4, -0.2) is 29.8 Å². The fraction of sp³-hybridized carbons (Fsp3) is 0. The minimum Gasteiger partial charge on any atom is -0.497 e. The van der Waals surface area contributed by atoms with Gasteiger partial charge in [-0.3, -0.25) is 45.4 Å². The molecule has 0 aliphatic heterocycles. The summed E-state index contributed by atoms with van der Waals surface area (Å²) in [6.45, 7) is 0. The van der Waals surface area contributed by atoms with Crippen molar-refractivity contribution in [1.29, 1.82) is 0 Å². The van der Waals surface area contributed by atoms with Gasteiger partial charge in [-0.05, 0) is 35.4 Å². The quantitative estimate of drug-likeness (QED) is 0.458. The standard InChI is InChI=1S/C11H8N2O2.C6H3N3O7/c14-13(15)11-3-1-9(2-4-11)10-5-7-12-8-6-10;10-6-4(8(13)14)1-3(7(11)12)2-5(6)9(15)16/h1-8H;1-2,10H. The van der Waals surface area contributed by atoms with Crippen molar-refractivity contribution in [3.05, 3.63) is 101 Å². The number of aromatic hydroxyl groups is 1. The molecule has 0 aliphatic carbocycles. The number of nitro groups is 4. The van der Waals surface area contributed by atoms with Crippen LogP contribution in [0.15, 0.2) is 60.9 Å². The molecule has 3 aromatic rings. The zero-order valence-corrected chi connectivity index (χ0v) is 15.2. The van der Waals surface area contributed by atoms with E-state index in [4.69, 9.17) is 5.11 Å². The second-order valence-corrected chi connectivity index (χ2v) is 5.64. The highest BCUT2D eigenvalue weighted by Gasteiger charge is 2.30. The zero-order valence-electron chi connectivity index (χ0n) is 15.2. The Labute approximate surface area is 171 Å². The molecule has 0 bridgehead atoms. The van der Waals surface area contributed by atoms with Crippen molar-refractivity contribution in [2.24, 2.45) is 0 Å². The van der Waals surface area contributed by atoms with Gasteiger partial charge in [0.05, 0.1) is 31.8 Å². The number of non-ortho nitro benzene ring substituents is 2. The molecule has 31 heavy (non-hydrogen) atoms. The third kappa shape index (κ3) is 5.50. The average molecular weight is 429 g/mol. The maximum absolute atomic E-state index is 10.4. The smallest absolute Gasteiger partial charge is 0.324 e. The van der Waals surface area contributed by atoms with Crippen LogP contribution < -0.4 is 0 Å². The van der Waals surface area contributed by atoms with Crippen molar-refractivity contribution in [2.45, 2.75) is 0 Å². The molecule has 1 aromatic heterocycles. The van der Waals surface area contributed by atoms with Crippen LogP contribution in [0.3, 0.4) is 0 Å². The van der Waals surface area contributed by atoms with Crippen molar-refractivity contribution in [3.8, 4) is 16.9 Å². The molecule has 14 nitrogen and oxygen atoms in total. The monoisotopic (exact) mass is 429 g/mol. The Hall–Kier alpha value is -5.01. The summed E-state index contributed by atoms with van der Waals surface area (Å²) in [7, 11) is 0. The third-order valence-electron chi connectivity index (χ3n) is 3.75. The number of hydrogen-bond donors (Lipinski definition) is 1. The van der Waals surface area contributed by atoms with Gasteiger partial charge >= 0.3 is 11.4 Å². The van der Waals surface area contributed by atoms with Crippen LogP contribution >= 0.6 is 0 Å².